The first-order valence-electron chi connectivity index (χ1n) is 11.5. The SMILES string of the molecule is CCc1ccccc1-n1c(C)cc(C=Nn2c(-c3ccccc3)nc3ccccc3c2=O)c1C. The van der Waals surface area contributed by atoms with Crippen LogP contribution in [-0.2, 0) is 6.42 Å². The number of hydrogen-bond donors (Lipinski definition) is 0. The Morgan fingerprint density at radius 2 is 1.62 bits per heavy atom. The highest BCUT2D eigenvalue weighted by Gasteiger charge is 2.14. The van der Waals surface area contributed by atoms with E-state index in [0.29, 0.717) is 16.7 Å². The minimum atomic E-state index is -0.189. The van der Waals surface area contributed by atoms with E-state index in [1.807, 2.05) is 48.5 Å². The van der Waals surface area contributed by atoms with Gasteiger partial charge in [-0.05, 0) is 50.1 Å². The molecule has 0 atom stereocenters. The van der Waals surface area contributed by atoms with Crippen LogP contribution in [0.25, 0.3) is 28.0 Å². The van der Waals surface area contributed by atoms with Gasteiger partial charge < -0.3 is 4.57 Å². The van der Waals surface area contributed by atoms with Crippen molar-refractivity contribution in [1.82, 2.24) is 14.2 Å². The molecule has 5 nitrogen and oxygen atoms in total. The van der Waals surface area contributed by atoms with Gasteiger partial charge in [-0.25, -0.2) is 4.98 Å². The van der Waals surface area contributed by atoms with Crippen LogP contribution >= 0.6 is 0 Å². The number of aromatic nitrogens is 3. The van der Waals surface area contributed by atoms with Gasteiger partial charge in [0.2, 0.25) is 0 Å². The molecular formula is C29H26N4O. The van der Waals surface area contributed by atoms with Crippen molar-refractivity contribution in [1.29, 1.82) is 0 Å². The lowest BCUT2D eigenvalue weighted by molar-refractivity contribution is 0.829. The average Bonchev–Trinajstić information content (AvgIpc) is 3.16. The Morgan fingerprint density at radius 3 is 2.41 bits per heavy atom. The summed E-state index contributed by atoms with van der Waals surface area (Å²) in [6.45, 7) is 6.34. The Kier molecular flexibility index (Phi) is 5.68. The van der Waals surface area contributed by atoms with Gasteiger partial charge >= 0.3 is 0 Å². The number of nitrogens with zero attached hydrogens (tertiary/aromatic N) is 4. The van der Waals surface area contributed by atoms with Crippen LogP contribution in [0.2, 0.25) is 0 Å². The van der Waals surface area contributed by atoms with Crippen LogP contribution in [0.5, 0.6) is 0 Å². The lowest BCUT2D eigenvalue weighted by Gasteiger charge is -2.14. The molecule has 3 aromatic carbocycles. The minimum Gasteiger partial charge on any atom is -0.318 e. The molecular weight excluding hydrogens is 420 g/mol. The zero-order chi connectivity index (χ0) is 23.7. The zero-order valence-electron chi connectivity index (χ0n) is 19.6. The first-order chi connectivity index (χ1) is 16.6. The normalized spacial score (nSPS) is 11.5. The van der Waals surface area contributed by atoms with Gasteiger partial charge in [-0.15, -0.1) is 0 Å². The van der Waals surface area contributed by atoms with Gasteiger partial charge in [-0.1, -0.05) is 67.6 Å². The maximum Gasteiger partial charge on any atom is 0.282 e. The molecule has 5 heteroatoms. The van der Waals surface area contributed by atoms with E-state index in [-0.39, 0.29) is 5.56 Å². The van der Waals surface area contributed by atoms with Crippen molar-refractivity contribution >= 4 is 17.1 Å². The summed E-state index contributed by atoms with van der Waals surface area (Å²) in [7, 11) is 0. The van der Waals surface area contributed by atoms with Gasteiger partial charge in [0.05, 0.1) is 17.1 Å². The van der Waals surface area contributed by atoms with Crippen LogP contribution < -0.4 is 5.56 Å². The van der Waals surface area contributed by atoms with E-state index in [1.54, 1.807) is 12.3 Å². The molecule has 0 spiro atoms. The Morgan fingerprint density at radius 1 is 0.912 bits per heavy atom. The number of para-hydroxylation sites is 2. The molecule has 2 aromatic heterocycles. The van der Waals surface area contributed by atoms with E-state index < -0.39 is 0 Å². The summed E-state index contributed by atoms with van der Waals surface area (Å²) in [6, 6.07) is 27.6. The second-order valence-corrected chi connectivity index (χ2v) is 8.32. The second kappa shape index (κ2) is 8.94. The first-order valence-corrected chi connectivity index (χ1v) is 11.5. The standard InChI is InChI=1S/C29H26N4O/c1-4-22-12-8-11-17-27(22)32-20(2)18-24(21(32)3)19-30-33-28(23-13-6-5-7-14-23)31-26-16-10-9-15-25(26)29(33)34/h5-19H,4H2,1-3H3. The smallest absolute Gasteiger partial charge is 0.282 e. The van der Waals surface area contributed by atoms with Crippen molar-refractivity contribution in [3.05, 3.63) is 118 Å². The molecule has 0 bridgehead atoms. The highest BCUT2D eigenvalue weighted by atomic mass is 16.1. The second-order valence-electron chi connectivity index (χ2n) is 8.32. The van der Waals surface area contributed by atoms with Crippen LogP contribution in [-0.4, -0.2) is 20.4 Å². The van der Waals surface area contributed by atoms with Crippen molar-refractivity contribution < 1.29 is 0 Å². The van der Waals surface area contributed by atoms with E-state index in [9.17, 15) is 4.79 Å². The highest BCUT2D eigenvalue weighted by molar-refractivity contribution is 5.83. The van der Waals surface area contributed by atoms with Crippen LogP contribution in [0.4, 0.5) is 0 Å². The van der Waals surface area contributed by atoms with E-state index >= 15 is 0 Å². The van der Waals surface area contributed by atoms with Crippen molar-refractivity contribution in [3.8, 4) is 17.1 Å². The molecule has 5 rings (SSSR count). The largest absolute Gasteiger partial charge is 0.318 e. The molecule has 0 saturated heterocycles. The van der Waals surface area contributed by atoms with E-state index in [1.165, 1.54) is 15.9 Å². The third kappa shape index (κ3) is 3.75. The predicted octanol–water partition coefficient (Wildman–Crippen LogP) is 5.92. The molecule has 0 saturated carbocycles. The molecule has 0 aliphatic heterocycles. The summed E-state index contributed by atoms with van der Waals surface area (Å²) in [4.78, 5) is 18.2. The number of fused-ring (bicyclic) bond motifs is 1. The Labute approximate surface area is 198 Å². The summed E-state index contributed by atoms with van der Waals surface area (Å²) in [6.07, 6.45) is 2.72. The zero-order valence-corrected chi connectivity index (χ0v) is 19.6. The van der Waals surface area contributed by atoms with Gasteiger partial charge in [-0.2, -0.15) is 9.78 Å². The average molecular weight is 447 g/mol. The van der Waals surface area contributed by atoms with Gasteiger partial charge in [0, 0.05) is 28.2 Å². The monoisotopic (exact) mass is 446 g/mol. The number of benzene rings is 3. The highest BCUT2D eigenvalue weighted by Crippen LogP contribution is 2.24. The fraction of sp³-hybridized carbons (Fsp3) is 0.138. The summed E-state index contributed by atoms with van der Waals surface area (Å²) < 4.78 is 3.66. The molecule has 0 amide bonds. The Bertz CT molecular complexity index is 1580. The predicted molar refractivity (Wildman–Crippen MR) is 139 cm³/mol. The molecule has 168 valence electrons. The van der Waals surface area contributed by atoms with Crippen molar-refractivity contribution in [2.45, 2.75) is 27.2 Å². The molecule has 2 heterocycles. The van der Waals surface area contributed by atoms with Crippen LogP contribution in [0.3, 0.4) is 0 Å². The van der Waals surface area contributed by atoms with Gasteiger partial charge in [0.1, 0.15) is 0 Å². The van der Waals surface area contributed by atoms with Crippen LogP contribution in [0.1, 0.15) is 29.4 Å². The fourth-order valence-electron chi connectivity index (χ4n) is 4.44. The third-order valence-electron chi connectivity index (χ3n) is 6.18. The van der Waals surface area contributed by atoms with E-state index in [0.717, 1.165) is 28.9 Å². The maximum atomic E-state index is 13.4. The molecule has 0 N–H and O–H groups in total. The summed E-state index contributed by atoms with van der Waals surface area (Å²) >= 11 is 0. The van der Waals surface area contributed by atoms with Gasteiger partial charge in [-0.3, -0.25) is 4.79 Å². The molecule has 0 aliphatic carbocycles. The van der Waals surface area contributed by atoms with Gasteiger partial charge in [0.15, 0.2) is 5.82 Å². The molecule has 0 fully saturated rings. The number of hydrogen-bond acceptors (Lipinski definition) is 3. The molecule has 5 aromatic rings. The fourth-order valence-corrected chi connectivity index (χ4v) is 4.44. The van der Waals surface area contributed by atoms with Crippen molar-refractivity contribution in [2.75, 3.05) is 0 Å². The van der Waals surface area contributed by atoms with E-state index in [2.05, 4.69) is 60.8 Å². The van der Waals surface area contributed by atoms with Crippen LogP contribution in [0, 0.1) is 13.8 Å². The van der Waals surface area contributed by atoms with Crippen molar-refractivity contribution in [2.24, 2.45) is 5.10 Å². The lowest BCUT2D eigenvalue weighted by Crippen LogP contribution is -2.20. The van der Waals surface area contributed by atoms with E-state index in [4.69, 9.17) is 4.98 Å². The minimum absolute atomic E-state index is 0.189. The quantitative estimate of drug-likeness (QED) is 0.315. The van der Waals surface area contributed by atoms with Gasteiger partial charge in [0.25, 0.3) is 5.56 Å². The molecule has 34 heavy (non-hydrogen) atoms. The summed E-state index contributed by atoms with van der Waals surface area (Å²) in [5, 5.41) is 5.20. The van der Waals surface area contributed by atoms with Crippen molar-refractivity contribution in [3.63, 3.8) is 0 Å². The molecule has 0 radical (unpaired) electrons. The Hall–Kier alpha value is -4.25. The Balaban J connectivity index is 1.66. The molecule has 0 unspecified atom stereocenters. The molecule has 0 aliphatic rings. The topological polar surface area (TPSA) is 52.2 Å². The number of aryl methyl sites for hydroxylation is 2. The lowest BCUT2D eigenvalue weighted by atomic mass is 10.1. The first kappa shape index (κ1) is 21.6. The third-order valence-corrected chi connectivity index (χ3v) is 6.18. The summed E-state index contributed by atoms with van der Waals surface area (Å²) in [5.74, 6) is 0.519. The van der Waals surface area contributed by atoms with Crippen LogP contribution in [0.15, 0.2) is 94.8 Å². The number of rotatable bonds is 5. The maximum absolute atomic E-state index is 13.4. The summed E-state index contributed by atoms with van der Waals surface area (Å²) in [5.41, 5.74) is 6.92.